The smallest absolute Gasteiger partial charge is 0.257 e. The molecule has 0 bridgehead atoms. The van der Waals surface area contributed by atoms with Crippen LogP contribution in [-0.2, 0) is 0 Å². The number of hydrogen-bond acceptors (Lipinski definition) is 5. The number of benzene rings is 2. The number of hydrogen-bond donors (Lipinski definition) is 0. The van der Waals surface area contributed by atoms with E-state index in [-0.39, 0.29) is 17.0 Å². The molecule has 26 heavy (non-hydrogen) atoms. The molecule has 0 radical (unpaired) electrons. The van der Waals surface area contributed by atoms with Crippen LogP contribution in [0.15, 0.2) is 47.6 Å². The average Bonchev–Trinajstić information content (AvgIpc) is 2.68. The topological polar surface area (TPSA) is 70.1 Å². The quantitative estimate of drug-likeness (QED) is 0.623. The summed E-state index contributed by atoms with van der Waals surface area (Å²) in [7, 11) is 0. The Morgan fingerprint density at radius 2 is 1.65 bits per heavy atom. The molecule has 0 spiro atoms. The Morgan fingerprint density at radius 3 is 2.23 bits per heavy atom. The summed E-state index contributed by atoms with van der Waals surface area (Å²) >= 11 is 0. The summed E-state index contributed by atoms with van der Waals surface area (Å²) in [5.74, 6) is -1.09. The maximum absolute atomic E-state index is 13.9. The van der Waals surface area contributed by atoms with E-state index < -0.39 is 11.7 Å². The van der Waals surface area contributed by atoms with Crippen molar-refractivity contribution < 1.29 is 14.0 Å². The molecule has 0 atom stereocenters. The van der Waals surface area contributed by atoms with Gasteiger partial charge in [0, 0.05) is 37.4 Å². The fourth-order valence-electron chi connectivity index (χ4n) is 2.98. The highest BCUT2D eigenvalue weighted by molar-refractivity contribution is 5.95. The van der Waals surface area contributed by atoms with Gasteiger partial charge in [-0.2, -0.15) is 0 Å². The molecular formula is C19H18FN3O3. The van der Waals surface area contributed by atoms with E-state index in [9.17, 15) is 18.9 Å². The molecule has 2 aromatic carbocycles. The lowest BCUT2D eigenvalue weighted by Gasteiger charge is -2.36. The Bertz CT molecular complexity index is 844. The van der Waals surface area contributed by atoms with Crippen LogP contribution in [0.4, 0.5) is 15.8 Å². The molecule has 0 aliphatic carbocycles. The molecule has 134 valence electrons. The normalized spacial score (nSPS) is 14.2. The van der Waals surface area contributed by atoms with Gasteiger partial charge >= 0.3 is 0 Å². The summed E-state index contributed by atoms with van der Waals surface area (Å²) in [4.78, 5) is 38.2. The van der Waals surface area contributed by atoms with E-state index in [1.165, 1.54) is 19.1 Å². The first-order valence-electron chi connectivity index (χ1n) is 8.27. The minimum atomic E-state index is -0.662. The number of nitroso groups, excluding NO2 is 1. The molecule has 1 aliphatic heterocycles. The molecular weight excluding hydrogens is 337 g/mol. The zero-order chi connectivity index (χ0) is 18.7. The first kappa shape index (κ1) is 17.7. The molecule has 0 unspecified atom stereocenters. The van der Waals surface area contributed by atoms with Crippen molar-refractivity contribution >= 4 is 23.1 Å². The number of nitrogens with zero attached hydrogens (tertiary/aromatic N) is 3. The predicted octanol–water partition coefficient (Wildman–Crippen LogP) is 3.39. The van der Waals surface area contributed by atoms with E-state index >= 15 is 0 Å². The second-order valence-corrected chi connectivity index (χ2v) is 6.14. The van der Waals surface area contributed by atoms with Gasteiger partial charge < -0.3 is 9.80 Å². The second-order valence-electron chi connectivity index (χ2n) is 6.14. The molecule has 6 nitrogen and oxygen atoms in total. The first-order chi connectivity index (χ1) is 12.5. The van der Waals surface area contributed by atoms with Crippen LogP contribution in [0.2, 0.25) is 0 Å². The third kappa shape index (κ3) is 3.61. The number of amides is 1. The van der Waals surface area contributed by atoms with E-state index in [0.29, 0.717) is 31.7 Å². The van der Waals surface area contributed by atoms with Crippen LogP contribution < -0.4 is 4.90 Å². The van der Waals surface area contributed by atoms with Gasteiger partial charge in [0.25, 0.3) is 5.91 Å². The van der Waals surface area contributed by atoms with E-state index in [4.69, 9.17) is 0 Å². The number of piperazine rings is 1. The minimum absolute atomic E-state index is 0.0148. The van der Waals surface area contributed by atoms with Gasteiger partial charge in [0.2, 0.25) is 0 Å². The Kier molecular flexibility index (Phi) is 5.06. The van der Waals surface area contributed by atoms with Gasteiger partial charge in [-0.05, 0) is 54.6 Å². The molecule has 2 aromatic rings. The number of halogens is 1. The highest BCUT2D eigenvalue weighted by Crippen LogP contribution is 2.21. The Labute approximate surface area is 150 Å². The number of ketones is 1. The summed E-state index contributed by atoms with van der Waals surface area (Å²) in [5, 5.41) is 2.75. The lowest BCUT2D eigenvalue weighted by Crippen LogP contribution is -2.49. The van der Waals surface area contributed by atoms with Crippen molar-refractivity contribution in [2.45, 2.75) is 6.92 Å². The Morgan fingerprint density at radius 1 is 1.00 bits per heavy atom. The molecule has 1 aliphatic rings. The van der Waals surface area contributed by atoms with Crippen molar-refractivity contribution in [1.29, 1.82) is 0 Å². The SMILES string of the molecule is CC(=O)c1ccc(N2CCN(C(=O)c3cc(N=O)ccc3F)CC2)cc1. The van der Waals surface area contributed by atoms with Gasteiger partial charge in [0.1, 0.15) is 11.5 Å². The molecule has 1 fully saturated rings. The third-order valence-corrected chi connectivity index (χ3v) is 4.49. The minimum Gasteiger partial charge on any atom is -0.368 e. The molecule has 1 amide bonds. The fraction of sp³-hybridized carbons (Fsp3) is 0.263. The van der Waals surface area contributed by atoms with Crippen LogP contribution in [0.3, 0.4) is 0 Å². The lowest BCUT2D eigenvalue weighted by molar-refractivity contribution is 0.0742. The zero-order valence-electron chi connectivity index (χ0n) is 14.3. The molecule has 1 heterocycles. The average molecular weight is 355 g/mol. The highest BCUT2D eigenvalue weighted by atomic mass is 19.1. The second kappa shape index (κ2) is 7.43. The van der Waals surface area contributed by atoms with Crippen molar-refractivity contribution in [3.8, 4) is 0 Å². The van der Waals surface area contributed by atoms with Crippen molar-refractivity contribution in [1.82, 2.24) is 4.90 Å². The molecule has 0 saturated carbocycles. The van der Waals surface area contributed by atoms with Gasteiger partial charge in [0.15, 0.2) is 5.78 Å². The van der Waals surface area contributed by atoms with E-state index in [1.54, 1.807) is 17.0 Å². The van der Waals surface area contributed by atoms with Crippen LogP contribution in [0, 0.1) is 10.7 Å². The van der Waals surface area contributed by atoms with Crippen LogP contribution in [-0.4, -0.2) is 42.8 Å². The lowest BCUT2D eigenvalue weighted by atomic mass is 10.1. The first-order valence-corrected chi connectivity index (χ1v) is 8.27. The van der Waals surface area contributed by atoms with Crippen LogP contribution >= 0.6 is 0 Å². The van der Waals surface area contributed by atoms with Crippen LogP contribution in [0.1, 0.15) is 27.6 Å². The molecule has 0 N–H and O–H groups in total. The Hall–Kier alpha value is -3.09. The van der Waals surface area contributed by atoms with Crippen molar-refractivity contribution in [3.63, 3.8) is 0 Å². The van der Waals surface area contributed by atoms with E-state index in [2.05, 4.69) is 10.1 Å². The predicted molar refractivity (Wildman–Crippen MR) is 96.4 cm³/mol. The summed E-state index contributed by atoms with van der Waals surface area (Å²) in [6.45, 7) is 3.58. The largest absolute Gasteiger partial charge is 0.368 e. The number of anilines is 1. The number of Topliss-reactive ketones (excluding diaryl/α,β-unsaturated/α-hetero) is 1. The summed E-state index contributed by atoms with van der Waals surface area (Å²) in [5.41, 5.74) is 1.52. The number of rotatable bonds is 4. The zero-order valence-corrected chi connectivity index (χ0v) is 14.3. The fourth-order valence-corrected chi connectivity index (χ4v) is 2.98. The molecule has 3 rings (SSSR count). The summed E-state index contributed by atoms with van der Waals surface area (Å²) < 4.78 is 13.9. The third-order valence-electron chi connectivity index (χ3n) is 4.49. The van der Waals surface area contributed by atoms with E-state index in [0.717, 1.165) is 11.8 Å². The maximum Gasteiger partial charge on any atom is 0.257 e. The van der Waals surface area contributed by atoms with Crippen LogP contribution in [0.25, 0.3) is 0 Å². The van der Waals surface area contributed by atoms with E-state index in [1.807, 2.05) is 12.1 Å². The van der Waals surface area contributed by atoms with Gasteiger partial charge in [-0.3, -0.25) is 9.59 Å². The van der Waals surface area contributed by atoms with Crippen LogP contribution in [0.5, 0.6) is 0 Å². The van der Waals surface area contributed by atoms with Gasteiger partial charge in [-0.25, -0.2) is 4.39 Å². The molecule has 0 aromatic heterocycles. The van der Waals surface area contributed by atoms with Gasteiger partial charge in [0.05, 0.1) is 5.56 Å². The summed E-state index contributed by atoms with van der Waals surface area (Å²) in [6.07, 6.45) is 0. The molecule has 1 saturated heterocycles. The van der Waals surface area contributed by atoms with Gasteiger partial charge in [-0.1, -0.05) is 0 Å². The number of carbonyl (C=O) groups is 2. The summed E-state index contributed by atoms with van der Waals surface area (Å²) in [6, 6.07) is 10.8. The highest BCUT2D eigenvalue weighted by Gasteiger charge is 2.24. The monoisotopic (exact) mass is 355 g/mol. The standard InChI is InChI=1S/C19H18FN3O3/c1-13(24)14-2-5-16(6-3-14)22-8-10-23(11-9-22)19(25)17-12-15(21-26)4-7-18(17)20/h2-7,12H,8-11H2,1H3. The molecule has 7 heteroatoms. The van der Waals surface area contributed by atoms with Crippen molar-refractivity contribution in [2.24, 2.45) is 5.18 Å². The van der Waals surface area contributed by atoms with Crippen molar-refractivity contribution in [3.05, 3.63) is 64.3 Å². The number of carbonyl (C=O) groups excluding carboxylic acids is 2. The van der Waals surface area contributed by atoms with Crippen molar-refractivity contribution in [2.75, 3.05) is 31.1 Å². The maximum atomic E-state index is 13.9. The van der Waals surface area contributed by atoms with Gasteiger partial charge in [-0.15, -0.1) is 4.91 Å². The Balaban J connectivity index is 1.67.